The Morgan fingerprint density at radius 3 is 2.91 bits per heavy atom. The highest BCUT2D eigenvalue weighted by atomic mass is 16.1. The lowest BCUT2D eigenvalue weighted by Gasteiger charge is -2.13. The number of nitrogens with zero attached hydrogens (tertiary/aromatic N) is 2. The first-order valence-corrected chi connectivity index (χ1v) is 3.45. The van der Waals surface area contributed by atoms with Crippen LogP contribution in [0, 0.1) is 5.41 Å². The zero-order valence-corrected chi connectivity index (χ0v) is 6.66. The highest BCUT2D eigenvalue weighted by molar-refractivity contribution is 5.58. The van der Waals surface area contributed by atoms with E-state index < -0.39 is 0 Å². The normalized spacial score (nSPS) is 11.5. The SMILES string of the molecule is CC(C)(C=O)Cc1cn[nH]n1. The molecule has 0 aliphatic rings. The van der Waals surface area contributed by atoms with E-state index in [1.165, 1.54) is 0 Å². The summed E-state index contributed by atoms with van der Waals surface area (Å²) in [5.41, 5.74) is 0.485. The van der Waals surface area contributed by atoms with Crippen LogP contribution in [-0.2, 0) is 11.2 Å². The fourth-order valence-corrected chi connectivity index (χ4v) is 0.819. The number of hydrogen-bond donors (Lipinski definition) is 1. The molecular formula is C7H11N3O. The molecule has 0 saturated carbocycles. The molecule has 4 heteroatoms. The van der Waals surface area contributed by atoms with Crippen molar-refractivity contribution in [3.05, 3.63) is 11.9 Å². The van der Waals surface area contributed by atoms with Gasteiger partial charge < -0.3 is 4.79 Å². The molecule has 1 heterocycles. The lowest BCUT2D eigenvalue weighted by atomic mass is 9.90. The molecule has 60 valence electrons. The van der Waals surface area contributed by atoms with E-state index in [-0.39, 0.29) is 5.41 Å². The number of aromatic nitrogens is 3. The minimum absolute atomic E-state index is 0.336. The molecule has 1 aromatic rings. The van der Waals surface area contributed by atoms with E-state index in [0.717, 1.165) is 12.0 Å². The van der Waals surface area contributed by atoms with Crippen molar-refractivity contribution in [3.63, 3.8) is 0 Å². The summed E-state index contributed by atoms with van der Waals surface area (Å²) in [4.78, 5) is 10.5. The van der Waals surface area contributed by atoms with Crippen LogP contribution in [0.3, 0.4) is 0 Å². The number of aromatic amines is 1. The third-order valence-electron chi connectivity index (χ3n) is 1.42. The second-order valence-electron chi connectivity index (χ2n) is 3.24. The van der Waals surface area contributed by atoms with Gasteiger partial charge >= 0.3 is 0 Å². The lowest BCUT2D eigenvalue weighted by molar-refractivity contribution is -0.114. The van der Waals surface area contributed by atoms with Crippen molar-refractivity contribution in [2.45, 2.75) is 20.3 Å². The molecule has 0 radical (unpaired) electrons. The van der Waals surface area contributed by atoms with E-state index in [0.29, 0.717) is 6.42 Å². The summed E-state index contributed by atoms with van der Waals surface area (Å²) < 4.78 is 0. The van der Waals surface area contributed by atoms with E-state index in [1.54, 1.807) is 6.20 Å². The van der Waals surface area contributed by atoms with Crippen molar-refractivity contribution in [2.75, 3.05) is 0 Å². The number of rotatable bonds is 3. The maximum Gasteiger partial charge on any atom is 0.125 e. The number of carbonyl (C=O) groups excluding carboxylic acids is 1. The van der Waals surface area contributed by atoms with Gasteiger partial charge in [-0.1, -0.05) is 13.8 Å². The van der Waals surface area contributed by atoms with Crippen molar-refractivity contribution in [2.24, 2.45) is 5.41 Å². The van der Waals surface area contributed by atoms with Crippen molar-refractivity contribution < 1.29 is 4.79 Å². The van der Waals surface area contributed by atoms with E-state index in [1.807, 2.05) is 13.8 Å². The van der Waals surface area contributed by atoms with Gasteiger partial charge in [-0.25, -0.2) is 0 Å². The maximum absolute atomic E-state index is 10.5. The molecule has 11 heavy (non-hydrogen) atoms. The Morgan fingerprint density at radius 1 is 1.73 bits per heavy atom. The molecule has 0 spiro atoms. The van der Waals surface area contributed by atoms with Crippen LogP contribution in [0.1, 0.15) is 19.5 Å². The van der Waals surface area contributed by atoms with E-state index in [9.17, 15) is 4.79 Å². The van der Waals surface area contributed by atoms with Gasteiger partial charge in [-0.3, -0.25) is 0 Å². The van der Waals surface area contributed by atoms with Crippen LogP contribution in [0.5, 0.6) is 0 Å². The van der Waals surface area contributed by atoms with Crippen molar-refractivity contribution in [3.8, 4) is 0 Å². The van der Waals surface area contributed by atoms with E-state index >= 15 is 0 Å². The Hall–Kier alpha value is -1.19. The molecule has 0 aliphatic carbocycles. The largest absolute Gasteiger partial charge is 0.303 e. The standard InChI is InChI=1S/C7H11N3O/c1-7(2,5-11)3-6-4-8-10-9-6/h4-5H,3H2,1-2H3,(H,8,9,10). The molecule has 0 aliphatic heterocycles. The Balaban J connectivity index is 2.63. The molecule has 1 N–H and O–H groups in total. The average molecular weight is 153 g/mol. The van der Waals surface area contributed by atoms with Gasteiger partial charge in [-0.05, 0) is 0 Å². The molecule has 0 aromatic carbocycles. The van der Waals surface area contributed by atoms with Crippen LogP contribution < -0.4 is 0 Å². The van der Waals surface area contributed by atoms with Crippen molar-refractivity contribution in [1.82, 2.24) is 15.4 Å². The number of hydrogen-bond acceptors (Lipinski definition) is 3. The monoisotopic (exact) mass is 153 g/mol. The van der Waals surface area contributed by atoms with Gasteiger partial charge in [0, 0.05) is 11.8 Å². The molecule has 1 aromatic heterocycles. The van der Waals surface area contributed by atoms with Crippen LogP contribution >= 0.6 is 0 Å². The maximum atomic E-state index is 10.5. The molecule has 0 amide bonds. The summed E-state index contributed by atoms with van der Waals surface area (Å²) >= 11 is 0. The molecule has 0 fully saturated rings. The highest BCUT2D eigenvalue weighted by Crippen LogP contribution is 2.16. The molecule has 4 nitrogen and oxygen atoms in total. The van der Waals surface area contributed by atoms with Crippen LogP contribution in [0.15, 0.2) is 6.20 Å². The van der Waals surface area contributed by atoms with Gasteiger partial charge in [0.1, 0.15) is 6.29 Å². The molecular weight excluding hydrogens is 142 g/mol. The van der Waals surface area contributed by atoms with Gasteiger partial charge in [-0.2, -0.15) is 15.4 Å². The minimum atomic E-state index is -0.336. The van der Waals surface area contributed by atoms with Crippen LogP contribution in [0.2, 0.25) is 0 Å². The first-order valence-electron chi connectivity index (χ1n) is 3.45. The summed E-state index contributed by atoms with van der Waals surface area (Å²) in [5.74, 6) is 0. The molecule has 0 unspecified atom stereocenters. The average Bonchev–Trinajstić information content (AvgIpc) is 2.39. The zero-order chi connectivity index (χ0) is 8.32. The molecule has 0 atom stereocenters. The second-order valence-corrected chi connectivity index (χ2v) is 3.24. The summed E-state index contributed by atoms with van der Waals surface area (Å²) in [6, 6.07) is 0. The van der Waals surface area contributed by atoms with Gasteiger partial charge in [0.15, 0.2) is 0 Å². The fraction of sp³-hybridized carbons (Fsp3) is 0.571. The molecule has 0 bridgehead atoms. The third-order valence-corrected chi connectivity index (χ3v) is 1.42. The number of nitrogens with one attached hydrogen (secondary N) is 1. The lowest BCUT2D eigenvalue weighted by Crippen LogP contribution is -2.16. The summed E-state index contributed by atoms with van der Waals surface area (Å²) in [7, 11) is 0. The Kier molecular flexibility index (Phi) is 2.03. The minimum Gasteiger partial charge on any atom is -0.303 e. The molecule has 1 rings (SSSR count). The highest BCUT2D eigenvalue weighted by Gasteiger charge is 2.18. The Morgan fingerprint density at radius 2 is 2.45 bits per heavy atom. The number of carbonyl (C=O) groups is 1. The van der Waals surface area contributed by atoms with Crippen molar-refractivity contribution >= 4 is 6.29 Å². The molecule has 0 saturated heterocycles. The zero-order valence-electron chi connectivity index (χ0n) is 6.66. The van der Waals surface area contributed by atoms with Gasteiger partial charge in [-0.15, -0.1) is 0 Å². The van der Waals surface area contributed by atoms with E-state index in [4.69, 9.17) is 0 Å². The van der Waals surface area contributed by atoms with E-state index in [2.05, 4.69) is 15.4 Å². The second kappa shape index (κ2) is 2.82. The first kappa shape index (κ1) is 7.91. The third kappa shape index (κ3) is 2.14. The van der Waals surface area contributed by atoms with Gasteiger partial charge in [0.2, 0.25) is 0 Å². The fourth-order valence-electron chi connectivity index (χ4n) is 0.819. The number of aldehydes is 1. The predicted molar refractivity (Wildman–Crippen MR) is 39.9 cm³/mol. The predicted octanol–water partition coefficient (Wildman–Crippen LogP) is 0.572. The Labute approximate surface area is 65.0 Å². The summed E-state index contributed by atoms with van der Waals surface area (Å²) in [5, 5.41) is 10.0. The topological polar surface area (TPSA) is 58.6 Å². The quantitative estimate of drug-likeness (QED) is 0.646. The van der Waals surface area contributed by atoms with Crippen LogP contribution in [0.25, 0.3) is 0 Å². The smallest absolute Gasteiger partial charge is 0.125 e. The van der Waals surface area contributed by atoms with Gasteiger partial charge in [0.25, 0.3) is 0 Å². The Bertz CT molecular complexity index is 228. The number of H-pyrrole nitrogens is 1. The van der Waals surface area contributed by atoms with Gasteiger partial charge in [0.05, 0.1) is 11.9 Å². The van der Waals surface area contributed by atoms with Crippen molar-refractivity contribution in [1.29, 1.82) is 0 Å². The summed E-state index contributed by atoms with van der Waals surface area (Å²) in [6.07, 6.45) is 3.19. The summed E-state index contributed by atoms with van der Waals surface area (Å²) in [6.45, 7) is 3.74. The first-order chi connectivity index (χ1) is 5.14. The van der Waals surface area contributed by atoms with Crippen LogP contribution in [-0.4, -0.2) is 21.7 Å². The van der Waals surface area contributed by atoms with Crippen LogP contribution in [0.4, 0.5) is 0 Å².